The molecule has 35 heavy (non-hydrogen) atoms. The van der Waals surface area contributed by atoms with Crippen LogP contribution in [0.15, 0.2) is 83.9 Å². The molecule has 0 heterocycles. The molecule has 0 atom stereocenters. The minimum Gasteiger partial charge on any atom is -0.494 e. The van der Waals surface area contributed by atoms with Crippen molar-refractivity contribution >= 4 is 22.8 Å². The Bertz CT molecular complexity index is 1540. The van der Waals surface area contributed by atoms with E-state index < -0.39 is 9.85 Å². The molecule has 0 radical (unpaired) electrons. The number of benzene rings is 4. The van der Waals surface area contributed by atoms with Crippen molar-refractivity contribution in [3.05, 3.63) is 116 Å². The van der Waals surface area contributed by atoms with Crippen LogP contribution in [0.2, 0.25) is 0 Å². The zero-order valence-corrected chi connectivity index (χ0v) is 18.9. The molecule has 8 nitrogen and oxygen atoms in total. The number of ether oxygens (including phenoxy) is 1. The molecule has 0 aliphatic heterocycles. The highest BCUT2D eigenvalue weighted by Gasteiger charge is 2.35. The van der Waals surface area contributed by atoms with Crippen LogP contribution >= 0.6 is 0 Å². The number of hydrogen-bond donors (Lipinski definition) is 0. The van der Waals surface area contributed by atoms with Crippen LogP contribution in [0.25, 0.3) is 22.3 Å². The third-order valence-corrected chi connectivity index (χ3v) is 5.98. The molecule has 0 N–H and O–H groups in total. The molecule has 0 fully saturated rings. The van der Waals surface area contributed by atoms with Crippen LogP contribution in [0.3, 0.4) is 0 Å². The van der Waals surface area contributed by atoms with Gasteiger partial charge in [0.1, 0.15) is 11.4 Å². The zero-order valence-electron chi connectivity index (χ0n) is 18.9. The van der Waals surface area contributed by atoms with Crippen LogP contribution in [-0.2, 0) is 0 Å². The van der Waals surface area contributed by atoms with E-state index in [-0.39, 0.29) is 11.4 Å². The number of nitro benzene ring substituents is 2. The predicted octanol–water partition coefficient (Wildman–Crippen LogP) is 6.64. The number of aliphatic imine (C=N–C) groups is 1. The van der Waals surface area contributed by atoms with Crippen molar-refractivity contribution in [1.29, 1.82) is 0 Å². The molecule has 1 aliphatic carbocycles. The minimum absolute atomic E-state index is 0.325. The van der Waals surface area contributed by atoms with Gasteiger partial charge in [-0.1, -0.05) is 54.1 Å². The summed E-state index contributed by atoms with van der Waals surface area (Å²) in [7, 11) is 1.54. The first-order chi connectivity index (χ1) is 16.9. The summed E-state index contributed by atoms with van der Waals surface area (Å²) in [5.74, 6) is 0.514. The lowest BCUT2D eigenvalue weighted by atomic mass is 10.0. The van der Waals surface area contributed by atoms with E-state index in [1.165, 1.54) is 13.2 Å². The van der Waals surface area contributed by atoms with Gasteiger partial charge >= 0.3 is 0 Å². The van der Waals surface area contributed by atoms with E-state index in [0.717, 1.165) is 22.8 Å². The summed E-state index contributed by atoms with van der Waals surface area (Å²) >= 11 is 0. The standard InChI is InChI=1S/C27H19N3O5/c1-16-8-10-20-21(12-16)27(22-14-19(29(31)32)15-24(26(20)22)30(33)34)28-23-13-18(9-11-25(23)35-2)17-6-4-3-5-7-17/h3-15H,1-2H3. The average Bonchev–Trinajstić information content (AvgIpc) is 3.16. The number of non-ortho nitro benzene ring substituents is 1. The van der Waals surface area contributed by atoms with E-state index in [1.54, 1.807) is 6.07 Å². The normalized spacial score (nSPS) is 12.8. The lowest BCUT2D eigenvalue weighted by Gasteiger charge is -2.10. The highest BCUT2D eigenvalue weighted by Crippen LogP contribution is 2.46. The van der Waals surface area contributed by atoms with Gasteiger partial charge in [-0.2, -0.15) is 0 Å². The van der Waals surface area contributed by atoms with Gasteiger partial charge in [-0.25, -0.2) is 4.99 Å². The van der Waals surface area contributed by atoms with Crippen molar-refractivity contribution in [1.82, 2.24) is 0 Å². The molecule has 0 bridgehead atoms. The molecular formula is C27H19N3O5. The second-order valence-electron chi connectivity index (χ2n) is 8.16. The summed E-state index contributed by atoms with van der Waals surface area (Å²) in [6.45, 7) is 1.91. The second kappa shape index (κ2) is 8.49. The first kappa shape index (κ1) is 22.0. The Balaban J connectivity index is 1.81. The Hall–Kier alpha value is -4.85. The zero-order chi connectivity index (χ0) is 24.7. The molecule has 0 unspecified atom stereocenters. The maximum Gasteiger partial charge on any atom is 0.284 e. The summed E-state index contributed by atoms with van der Waals surface area (Å²) in [5.41, 5.74) is 5.06. The van der Waals surface area contributed by atoms with Gasteiger partial charge < -0.3 is 4.74 Å². The van der Waals surface area contributed by atoms with Gasteiger partial charge in [-0.05, 0) is 41.8 Å². The monoisotopic (exact) mass is 465 g/mol. The molecule has 0 amide bonds. The third kappa shape index (κ3) is 3.80. The summed E-state index contributed by atoms with van der Waals surface area (Å²) in [5, 5.41) is 23.5. The van der Waals surface area contributed by atoms with Crippen LogP contribution in [0.5, 0.6) is 5.75 Å². The maximum absolute atomic E-state index is 11.9. The first-order valence-electron chi connectivity index (χ1n) is 10.8. The minimum atomic E-state index is -0.629. The quantitative estimate of drug-likeness (QED) is 0.214. The number of nitro groups is 2. The van der Waals surface area contributed by atoms with Gasteiger partial charge in [0.05, 0.1) is 34.3 Å². The highest BCUT2D eigenvalue weighted by atomic mass is 16.6. The Morgan fingerprint density at radius 3 is 2.23 bits per heavy atom. The number of aryl methyl sites for hydroxylation is 1. The van der Waals surface area contributed by atoms with Gasteiger partial charge in [0.15, 0.2) is 0 Å². The molecule has 1 aliphatic rings. The molecule has 172 valence electrons. The van der Waals surface area contributed by atoms with Crippen LogP contribution in [0.1, 0.15) is 16.7 Å². The van der Waals surface area contributed by atoms with Crippen molar-refractivity contribution in [2.24, 2.45) is 4.99 Å². The Kier molecular flexibility index (Phi) is 5.33. The van der Waals surface area contributed by atoms with E-state index in [2.05, 4.69) is 0 Å². The number of methoxy groups -OCH3 is 1. The van der Waals surface area contributed by atoms with Crippen LogP contribution in [0.4, 0.5) is 17.1 Å². The van der Waals surface area contributed by atoms with Crippen molar-refractivity contribution in [2.45, 2.75) is 6.92 Å². The van der Waals surface area contributed by atoms with Gasteiger partial charge in [0.2, 0.25) is 0 Å². The predicted molar refractivity (Wildman–Crippen MR) is 134 cm³/mol. The van der Waals surface area contributed by atoms with Gasteiger partial charge in [0, 0.05) is 17.2 Å². The molecular weight excluding hydrogens is 446 g/mol. The van der Waals surface area contributed by atoms with Gasteiger partial charge in [0.25, 0.3) is 11.4 Å². The molecule has 0 aromatic heterocycles. The molecule has 0 saturated carbocycles. The van der Waals surface area contributed by atoms with Crippen molar-refractivity contribution < 1.29 is 14.6 Å². The summed E-state index contributed by atoms with van der Waals surface area (Å²) in [6.07, 6.45) is 0. The Labute approximate surface area is 200 Å². The number of hydrogen-bond acceptors (Lipinski definition) is 6. The first-order valence-corrected chi connectivity index (χ1v) is 10.8. The smallest absolute Gasteiger partial charge is 0.284 e. The van der Waals surface area contributed by atoms with E-state index in [4.69, 9.17) is 9.73 Å². The van der Waals surface area contributed by atoms with Crippen LogP contribution in [0, 0.1) is 27.2 Å². The van der Waals surface area contributed by atoms with E-state index >= 15 is 0 Å². The lowest BCUT2D eigenvalue weighted by Crippen LogP contribution is -2.01. The molecule has 0 saturated heterocycles. The number of rotatable bonds is 5. The van der Waals surface area contributed by atoms with Crippen molar-refractivity contribution in [3.8, 4) is 28.0 Å². The van der Waals surface area contributed by atoms with E-state index in [1.807, 2.05) is 67.6 Å². The SMILES string of the molecule is COc1ccc(-c2ccccc2)cc1N=C1c2cc(C)ccc2-c2c1cc([N+](=O)[O-])cc2[N+](=O)[O-]. The van der Waals surface area contributed by atoms with E-state index in [0.29, 0.717) is 39.4 Å². The second-order valence-corrected chi connectivity index (χ2v) is 8.16. The highest BCUT2D eigenvalue weighted by molar-refractivity contribution is 6.27. The van der Waals surface area contributed by atoms with Gasteiger partial charge in [-0.15, -0.1) is 0 Å². The largest absolute Gasteiger partial charge is 0.494 e. The third-order valence-electron chi connectivity index (χ3n) is 5.98. The number of fused-ring (bicyclic) bond motifs is 3. The average molecular weight is 465 g/mol. The fourth-order valence-electron chi connectivity index (χ4n) is 4.38. The molecule has 0 spiro atoms. The summed E-state index contributed by atoms with van der Waals surface area (Å²) in [4.78, 5) is 27.2. The van der Waals surface area contributed by atoms with Gasteiger partial charge in [-0.3, -0.25) is 20.2 Å². The lowest BCUT2D eigenvalue weighted by molar-refractivity contribution is -0.393. The van der Waals surface area contributed by atoms with Crippen LogP contribution < -0.4 is 4.74 Å². The molecule has 8 heteroatoms. The number of nitrogens with zero attached hydrogens (tertiary/aromatic N) is 3. The maximum atomic E-state index is 11.9. The topological polar surface area (TPSA) is 108 Å². The van der Waals surface area contributed by atoms with Crippen molar-refractivity contribution in [2.75, 3.05) is 7.11 Å². The van der Waals surface area contributed by atoms with E-state index in [9.17, 15) is 20.2 Å². The fraction of sp³-hybridized carbons (Fsp3) is 0.0741. The Morgan fingerprint density at radius 2 is 1.54 bits per heavy atom. The summed E-state index contributed by atoms with van der Waals surface area (Å²) in [6, 6.07) is 23.3. The van der Waals surface area contributed by atoms with Crippen molar-refractivity contribution in [3.63, 3.8) is 0 Å². The molecule has 5 rings (SSSR count). The molecule has 4 aromatic carbocycles. The van der Waals surface area contributed by atoms with Crippen LogP contribution in [-0.4, -0.2) is 22.7 Å². The summed E-state index contributed by atoms with van der Waals surface area (Å²) < 4.78 is 5.55. The Morgan fingerprint density at radius 1 is 0.771 bits per heavy atom. The fourth-order valence-corrected chi connectivity index (χ4v) is 4.38. The molecule has 4 aromatic rings.